The number of nitrogens with two attached hydrogens (primary N) is 1. The van der Waals surface area contributed by atoms with Gasteiger partial charge in [0.1, 0.15) is 11.6 Å². The summed E-state index contributed by atoms with van der Waals surface area (Å²) in [5.41, 5.74) is 4.83. The molecular weight excluding hydrogens is 618 g/mol. The SMILES string of the molecule is C[C@H](OC(N)=O)c1oc(-c2ccc(OC(F)F)c(OCC3CC3)c2)nc1C(=O)NC(CNC(=O)NC1CC1)c1ccc(F)cc1F. The van der Waals surface area contributed by atoms with E-state index in [1.54, 1.807) is 0 Å². The van der Waals surface area contributed by atoms with Gasteiger partial charge in [-0.2, -0.15) is 8.78 Å². The van der Waals surface area contributed by atoms with Gasteiger partial charge in [-0.25, -0.2) is 23.4 Å². The third kappa shape index (κ3) is 8.57. The number of alkyl halides is 2. The molecule has 3 aromatic rings. The lowest BCUT2D eigenvalue weighted by Crippen LogP contribution is -2.43. The highest BCUT2D eigenvalue weighted by molar-refractivity contribution is 5.94. The van der Waals surface area contributed by atoms with Gasteiger partial charge in [0, 0.05) is 29.8 Å². The zero-order valence-electron chi connectivity index (χ0n) is 24.5. The van der Waals surface area contributed by atoms with Crippen molar-refractivity contribution in [3.8, 4) is 23.0 Å². The molecule has 0 radical (unpaired) electrons. The van der Waals surface area contributed by atoms with E-state index in [4.69, 9.17) is 19.6 Å². The Morgan fingerprint density at radius 1 is 1.07 bits per heavy atom. The van der Waals surface area contributed by atoms with Crippen molar-refractivity contribution in [3.63, 3.8) is 0 Å². The monoisotopic (exact) mass is 649 g/mol. The number of carbonyl (C=O) groups excluding carboxylic acids is 3. The standard InChI is InChI=1S/C30H31F4N5O7/c1-14(44-29(35)41)25-24(39-27(46-25)16-4-9-22(45-28(33)34)23(10-16)43-13-15-2-3-15)26(40)38-21(12-36-30(42)37-18-6-7-18)19-8-5-17(31)11-20(19)32/h4-5,8-11,14-15,18,21,28H,2-3,6-7,12-13H2,1H3,(H2,35,41)(H,38,40)(H2,36,37,42)/t14-,21?/m0/s1. The molecule has 2 fully saturated rings. The second-order valence-electron chi connectivity index (χ2n) is 10.9. The smallest absolute Gasteiger partial charge is 0.405 e. The van der Waals surface area contributed by atoms with Crippen LogP contribution in [0, 0.1) is 17.6 Å². The summed E-state index contributed by atoms with van der Waals surface area (Å²) in [5.74, 6) is -3.17. The van der Waals surface area contributed by atoms with Gasteiger partial charge >= 0.3 is 18.7 Å². The first-order chi connectivity index (χ1) is 22.0. The van der Waals surface area contributed by atoms with Crippen molar-refractivity contribution in [1.29, 1.82) is 0 Å². The number of nitrogens with one attached hydrogen (secondary N) is 3. The van der Waals surface area contributed by atoms with Crippen molar-refractivity contribution in [2.24, 2.45) is 11.7 Å². The minimum absolute atomic E-state index is 0.0146. The van der Waals surface area contributed by atoms with Crippen molar-refractivity contribution < 1.29 is 50.6 Å². The molecule has 4 amide bonds. The van der Waals surface area contributed by atoms with Crippen molar-refractivity contribution in [1.82, 2.24) is 20.9 Å². The first-order valence-electron chi connectivity index (χ1n) is 14.5. The zero-order chi connectivity index (χ0) is 33.0. The molecule has 12 nitrogen and oxygen atoms in total. The topological polar surface area (TPSA) is 167 Å². The van der Waals surface area contributed by atoms with E-state index in [0.717, 1.165) is 37.8 Å². The van der Waals surface area contributed by atoms with E-state index in [2.05, 4.69) is 25.7 Å². The Kier molecular flexibility index (Phi) is 9.82. The van der Waals surface area contributed by atoms with Crippen LogP contribution in [0.25, 0.3) is 11.5 Å². The van der Waals surface area contributed by atoms with E-state index in [9.17, 15) is 31.9 Å². The first kappa shape index (κ1) is 32.4. The third-order valence-corrected chi connectivity index (χ3v) is 7.13. The van der Waals surface area contributed by atoms with Crippen molar-refractivity contribution in [2.75, 3.05) is 13.2 Å². The van der Waals surface area contributed by atoms with Gasteiger partial charge in [-0.3, -0.25) is 4.79 Å². The predicted octanol–water partition coefficient (Wildman–Crippen LogP) is 5.10. The second kappa shape index (κ2) is 14.0. The van der Waals surface area contributed by atoms with Crippen LogP contribution in [0.5, 0.6) is 11.5 Å². The number of ether oxygens (including phenoxy) is 3. The molecule has 1 heterocycles. The molecule has 0 saturated heterocycles. The maximum Gasteiger partial charge on any atom is 0.405 e. The molecule has 2 aliphatic carbocycles. The lowest BCUT2D eigenvalue weighted by atomic mass is 10.1. The molecular formula is C30H31F4N5O7. The first-order valence-corrected chi connectivity index (χ1v) is 14.5. The average molecular weight is 650 g/mol. The number of nitrogens with zero attached hydrogens (tertiary/aromatic N) is 1. The quantitative estimate of drug-likeness (QED) is 0.175. The number of rotatable bonds is 14. The highest BCUT2D eigenvalue weighted by atomic mass is 19.3. The fraction of sp³-hybridized carbons (Fsp3) is 0.400. The van der Waals surface area contributed by atoms with Crippen LogP contribution >= 0.6 is 0 Å². The lowest BCUT2D eigenvalue weighted by molar-refractivity contribution is -0.0515. The largest absolute Gasteiger partial charge is 0.489 e. The molecule has 0 aliphatic heterocycles. The van der Waals surface area contributed by atoms with Crippen molar-refractivity contribution in [3.05, 3.63) is 65.1 Å². The summed E-state index contributed by atoms with van der Waals surface area (Å²) in [6, 6.07) is 4.92. The zero-order valence-corrected chi connectivity index (χ0v) is 24.5. The number of oxazole rings is 1. The Balaban J connectivity index is 1.45. The van der Waals surface area contributed by atoms with Crippen LogP contribution in [0.3, 0.4) is 0 Å². The van der Waals surface area contributed by atoms with Gasteiger partial charge in [0.25, 0.3) is 5.91 Å². The third-order valence-electron chi connectivity index (χ3n) is 7.13. The molecule has 0 spiro atoms. The number of aromatic nitrogens is 1. The number of hydrogen-bond donors (Lipinski definition) is 4. The average Bonchev–Trinajstić information content (AvgIpc) is 3.93. The number of primary amides is 1. The number of urea groups is 1. The van der Waals surface area contributed by atoms with Crippen molar-refractivity contribution in [2.45, 2.75) is 57.4 Å². The molecule has 2 saturated carbocycles. The summed E-state index contributed by atoms with van der Waals surface area (Å²) in [4.78, 5) is 41.7. The minimum Gasteiger partial charge on any atom is -0.489 e. The number of carbonyl (C=O) groups is 3. The van der Waals surface area contributed by atoms with Gasteiger partial charge in [-0.15, -0.1) is 0 Å². The summed E-state index contributed by atoms with van der Waals surface area (Å²) in [7, 11) is 0. The van der Waals surface area contributed by atoms with E-state index in [1.807, 2.05) is 0 Å². The van der Waals surface area contributed by atoms with Crippen LogP contribution < -0.4 is 31.2 Å². The Bertz CT molecular complexity index is 1600. The van der Waals surface area contributed by atoms with Crippen LogP contribution in [0.4, 0.5) is 27.2 Å². The molecule has 16 heteroatoms. The Morgan fingerprint density at radius 3 is 2.48 bits per heavy atom. The highest BCUT2D eigenvalue weighted by Gasteiger charge is 2.31. The fourth-order valence-electron chi connectivity index (χ4n) is 4.47. The number of halogens is 4. The molecule has 5 N–H and O–H groups in total. The van der Waals surface area contributed by atoms with Crippen LogP contribution in [0.1, 0.15) is 66.6 Å². The van der Waals surface area contributed by atoms with Gasteiger partial charge in [0.05, 0.1) is 12.6 Å². The van der Waals surface area contributed by atoms with Crippen LogP contribution in [0.2, 0.25) is 0 Å². The Morgan fingerprint density at radius 2 is 1.83 bits per heavy atom. The van der Waals surface area contributed by atoms with Gasteiger partial charge in [0.15, 0.2) is 29.1 Å². The maximum absolute atomic E-state index is 14.8. The Labute approximate surface area is 259 Å². The molecule has 1 unspecified atom stereocenters. The van der Waals surface area contributed by atoms with E-state index < -0.39 is 54.1 Å². The molecule has 2 aliphatic rings. The summed E-state index contributed by atoms with van der Waals surface area (Å²) >= 11 is 0. The molecule has 5 rings (SSSR count). The van der Waals surface area contributed by atoms with Crippen LogP contribution in [0.15, 0.2) is 40.8 Å². The molecule has 246 valence electrons. The summed E-state index contributed by atoms with van der Waals surface area (Å²) in [6.07, 6.45) is 1.09. The van der Waals surface area contributed by atoms with E-state index >= 15 is 0 Å². The molecule has 1 aromatic heterocycles. The maximum atomic E-state index is 14.8. The number of hydrogen-bond acceptors (Lipinski definition) is 8. The Hall–Kier alpha value is -5.02. The van der Waals surface area contributed by atoms with Crippen molar-refractivity contribution >= 4 is 18.0 Å². The summed E-state index contributed by atoms with van der Waals surface area (Å²) < 4.78 is 75.7. The van der Waals surface area contributed by atoms with Crippen LogP contribution in [-0.4, -0.2) is 48.8 Å². The van der Waals surface area contributed by atoms with Gasteiger partial charge in [-0.05, 0) is 62.8 Å². The van der Waals surface area contributed by atoms with E-state index in [1.165, 1.54) is 25.1 Å². The van der Waals surface area contributed by atoms with E-state index in [-0.39, 0.29) is 59.4 Å². The summed E-state index contributed by atoms with van der Waals surface area (Å²) in [5, 5.41) is 7.83. The normalized spacial score (nSPS) is 15.5. The highest BCUT2D eigenvalue weighted by Crippen LogP contribution is 2.37. The van der Waals surface area contributed by atoms with Gasteiger partial charge < -0.3 is 40.3 Å². The van der Waals surface area contributed by atoms with E-state index in [0.29, 0.717) is 6.07 Å². The lowest BCUT2D eigenvalue weighted by Gasteiger charge is -2.20. The molecule has 2 aromatic carbocycles. The molecule has 46 heavy (non-hydrogen) atoms. The number of benzene rings is 2. The second-order valence-corrected chi connectivity index (χ2v) is 10.9. The van der Waals surface area contributed by atoms with Crippen LogP contribution in [-0.2, 0) is 4.74 Å². The molecule has 2 atom stereocenters. The molecule has 0 bridgehead atoms. The number of amides is 4. The van der Waals surface area contributed by atoms with Gasteiger partial charge in [0.2, 0.25) is 5.89 Å². The van der Waals surface area contributed by atoms with Gasteiger partial charge in [-0.1, -0.05) is 6.07 Å². The summed E-state index contributed by atoms with van der Waals surface area (Å²) in [6.45, 7) is -1.78. The fourth-order valence-corrected chi connectivity index (χ4v) is 4.47. The minimum atomic E-state index is -3.11. The predicted molar refractivity (Wildman–Crippen MR) is 152 cm³/mol.